The lowest BCUT2D eigenvalue weighted by atomic mass is 10.1. The van der Waals surface area contributed by atoms with Crippen molar-refractivity contribution in [3.63, 3.8) is 0 Å². The van der Waals surface area contributed by atoms with E-state index >= 15 is 0 Å². The van der Waals surface area contributed by atoms with Gasteiger partial charge in [0.05, 0.1) is 5.69 Å². The normalized spacial score (nSPS) is 14.1. The van der Waals surface area contributed by atoms with Gasteiger partial charge in [-0.05, 0) is 68.4 Å². The van der Waals surface area contributed by atoms with Crippen molar-refractivity contribution >= 4 is 11.6 Å². The van der Waals surface area contributed by atoms with Crippen LogP contribution in [0.5, 0.6) is 5.75 Å². The lowest BCUT2D eigenvalue weighted by molar-refractivity contribution is 0.102. The van der Waals surface area contributed by atoms with Crippen LogP contribution in [-0.4, -0.2) is 46.8 Å². The van der Waals surface area contributed by atoms with Crippen LogP contribution in [0.15, 0.2) is 54.7 Å². The van der Waals surface area contributed by atoms with Crippen molar-refractivity contribution in [2.75, 3.05) is 31.6 Å². The minimum Gasteiger partial charge on any atom is -0.492 e. The van der Waals surface area contributed by atoms with Crippen LogP contribution in [0.2, 0.25) is 0 Å². The molecule has 1 fully saturated rings. The number of halogens is 1. The highest BCUT2D eigenvalue weighted by Gasteiger charge is 2.15. The van der Waals surface area contributed by atoms with E-state index in [0.717, 1.165) is 36.6 Å². The SMILES string of the molecule is Cn1nccc1-c1cc(NC(=O)c2cccc(F)c2)ccc1OCCN1CCCC1. The first kappa shape index (κ1) is 20.1. The van der Waals surface area contributed by atoms with E-state index < -0.39 is 5.82 Å². The maximum absolute atomic E-state index is 13.4. The van der Waals surface area contributed by atoms with E-state index in [4.69, 9.17) is 4.74 Å². The summed E-state index contributed by atoms with van der Waals surface area (Å²) in [4.78, 5) is 14.9. The van der Waals surface area contributed by atoms with E-state index in [1.165, 1.54) is 31.0 Å². The summed E-state index contributed by atoms with van der Waals surface area (Å²) >= 11 is 0. The van der Waals surface area contributed by atoms with Gasteiger partial charge in [0.15, 0.2) is 0 Å². The second-order valence-electron chi connectivity index (χ2n) is 7.41. The third kappa shape index (κ3) is 4.68. The van der Waals surface area contributed by atoms with Gasteiger partial charge in [-0.1, -0.05) is 6.07 Å². The quantitative estimate of drug-likeness (QED) is 0.643. The molecule has 2 heterocycles. The number of carbonyl (C=O) groups is 1. The molecule has 1 aliphatic heterocycles. The van der Waals surface area contributed by atoms with E-state index in [2.05, 4.69) is 15.3 Å². The van der Waals surface area contributed by atoms with Crippen molar-refractivity contribution in [1.29, 1.82) is 0 Å². The van der Waals surface area contributed by atoms with Gasteiger partial charge in [0.25, 0.3) is 5.91 Å². The Kier molecular flexibility index (Phi) is 6.09. The fraction of sp³-hybridized carbons (Fsp3) is 0.304. The Morgan fingerprint density at radius 3 is 2.73 bits per heavy atom. The van der Waals surface area contributed by atoms with Crippen LogP contribution in [0, 0.1) is 5.82 Å². The molecule has 0 bridgehead atoms. The van der Waals surface area contributed by atoms with E-state index in [9.17, 15) is 9.18 Å². The molecule has 0 aliphatic carbocycles. The van der Waals surface area contributed by atoms with Crippen LogP contribution in [-0.2, 0) is 7.05 Å². The van der Waals surface area contributed by atoms with E-state index in [1.807, 2.05) is 25.2 Å². The first-order valence-electron chi connectivity index (χ1n) is 10.1. The molecule has 6 nitrogen and oxygen atoms in total. The van der Waals surface area contributed by atoms with Crippen LogP contribution < -0.4 is 10.1 Å². The molecule has 2 aromatic carbocycles. The Bertz CT molecular complexity index is 1030. The maximum atomic E-state index is 13.4. The molecule has 3 aromatic rings. The Labute approximate surface area is 175 Å². The molecule has 1 aromatic heterocycles. The second kappa shape index (κ2) is 9.09. The maximum Gasteiger partial charge on any atom is 0.255 e. The van der Waals surface area contributed by atoms with Crippen LogP contribution in [0.1, 0.15) is 23.2 Å². The molecule has 0 atom stereocenters. The number of likely N-dealkylation sites (tertiary alicyclic amines) is 1. The minimum atomic E-state index is -0.444. The van der Waals surface area contributed by atoms with Crippen molar-refractivity contribution in [3.8, 4) is 17.0 Å². The van der Waals surface area contributed by atoms with Gasteiger partial charge in [-0.25, -0.2) is 4.39 Å². The Balaban J connectivity index is 1.54. The van der Waals surface area contributed by atoms with E-state index in [0.29, 0.717) is 12.3 Å². The largest absolute Gasteiger partial charge is 0.492 e. The van der Waals surface area contributed by atoms with Crippen LogP contribution in [0.3, 0.4) is 0 Å². The summed E-state index contributed by atoms with van der Waals surface area (Å²) in [5, 5.41) is 7.09. The highest BCUT2D eigenvalue weighted by Crippen LogP contribution is 2.32. The first-order valence-corrected chi connectivity index (χ1v) is 10.1. The molecule has 4 rings (SSSR count). The summed E-state index contributed by atoms with van der Waals surface area (Å²) in [5.41, 5.74) is 2.59. The second-order valence-corrected chi connectivity index (χ2v) is 7.41. The number of amides is 1. The number of benzene rings is 2. The van der Waals surface area contributed by atoms with Crippen molar-refractivity contribution < 1.29 is 13.9 Å². The van der Waals surface area contributed by atoms with Gasteiger partial charge >= 0.3 is 0 Å². The molecule has 0 spiro atoms. The molecule has 156 valence electrons. The zero-order valence-electron chi connectivity index (χ0n) is 17.0. The Morgan fingerprint density at radius 1 is 1.17 bits per heavy atom. The van der Waals surface area contributed by atoms with E-state index in [1.54, 1.807) is 23.0 Å². The molecule has 7 heteroatoms. The fourth-order valence-electron chi connectivity index (χ4n) is 3.70. The number of hydrogen-bond acceptors (Lipinski definition) is 4. The first-order chi connectivity index (χ1) is 14.6. The average molecular weight is 408 g/mol. The van der Waals surface area contributed by atoms with Crippen LogP contribution in [0.25, 0.3) is 11.3 Å². The van der Waals surface area contributed by atoms with Gasteiger partial charge in [0.1, 0.15) is 18.2 Å². The van der Waals surface area contributed by atoms with Crippen LogP contribution >= 0.6 is 0 Å². The average Bonchev–Trinajstić information content (AvgIpc) is 3.40. The van der Waals surface area contributed by atoms with Gasteiger partial charge in [0, 0.05) is 36.6 Å². The number of aromatic nitrogens is 2. The highest BCUT2D eigenvalue weighted by atomic mass is 19.1. The molecule has 0 unspecified atom stereocenters. The zero-order valence-corrected chi connectivity index (χ0v) is 17.0. The lowest BCUT2D eigenvalue weighted by Gasteiger charge is -2.17. The predicted octanol–water partition coefficient (Wildman–Crippen LogP) is 3.95. The van der Waals surface area contributed by atoms with Crippen molar-refractivity contribution in [2.24, 2.45) is 7.05 Å². The summed E-state index contributed by atoms with van der Waals surface area (Å²) in [7, 11) is 1.86. The summed E-state index contributed by atoms with van der Waals surface area (Å²) < 4.78 is 21.3. The van der Waals surface area contributed by atoms with Gasteiger partial charge in [-0.3, -0.25) is 14.4 Å². The number of ether oxygens (including phenoxy) is 1. The summed E-state index contributed by atoms with van der Waals surface area (Å²) in [6, 6.07) is 13.0. The van der Waals surface area contributed by atoms with E-state index in [-0.39, 0.29) is 11.5 Å². The minimum absolute atomic E-state index is 0.267. The van der Waals surface area contributed by atoms with Gasteiger partial charge in [-0.15, -0.1) is 0 Å². The molecule has 30 heavy (non-hydrogen) atoms. The smallest absolute Gasteiger partial charge is 0.255 e. The Morgan fingerprint density at radius 2 is 2.00 bits per heavy atom. The number of carbonyl (C=O) groups excluding carboxylic acids is 1. The number of nitrogens with zero attached hydrogens (tertiary/aromatic N) is 3. The predicted molar refractivity (Wildman–Crippen MR) is 114 cm³/mol. The van der Waals surface area contributed by atoms with Gasteiger partial charge in [-0.2, -0.15) is 5.10 Å². The number of nitrogens with one attached hydrogen (secondary N) is 1. The molecule has 1 aliphatic rings. The van der Waals surface area contributed by atoms with Crippen LogP contribution in [0.4, 0.5) is 10.1 Å². The third-order valence-corrected chi connectivity index (χ3v) is 5.28. The number of aryl methyl sites for hydroxylation is 1. The topological polar surface area (TPSA) is 59.4 Å². The summed E-state index contributed by atoms with van der Waals surface area (Å²) in [6.45, 7) is 3.74. The van der Waals surface area contributed by atoms with Gasteiger partial charge < -0.3 is 10.1 Å². The third-order valence-electron chi connectivity index (χ3n) is 5.28. The molecule has 1 saturated heterocycles. The van der Waals surface area contributed by atoms with Crippen molar-refractivity contribution in [3.05, 3.63) is 66.1 Å². The molecule has 1 N–H and O–H groups in total. The standard InChI is InChI=1S/C23H25FN4O2/c1-27-21(9-10-25-27)20-16-19(26-23(29)17-5-4-6-18(24)15-17)7-8-22(20)30-14-13-28-11-2-3-12-28/h4-10,15-16H,2-3,11-14H2,1H3,(H,26,29). The molecule has 1 amide bonds. The van der Waals surface area contributed by atoms with Crippen molar-refractivity contribution in [2.45, 2.75) is 12.8 Å². The fourth-order valence-corrected chi connectivity index (χ4v) is 3.70. The monoisotopic (exact) mass is 408 g/mol. The Hall–Kier alpha value is -3.19. The number of anilines is 1. The molecule has 0 saturated carbocycles. The molecule has 0 radical (unpaired) electrons. The number of hydrogen-bond donors (Lipinski definition) is 1. The highest BCUT2D eigenvalue weighted by molar-refractivity contribution is 6.04. The van der Waals surface area contributed by atoms with Gasteiger partial charge in [0.2, 0.25) is 0 Å². The summed E-state index contributed by atoms with van der Waals surface area (Å²) in [5.74, 6) is -0.0744. The van der Waals surface area contributed by atoms with Crippen molar-refractivity contribution in [1.82, 2.24) is 14.7 Å². The zero-order chi connectivity index (χ0) is 20.9. The number of rotatable bonds is 7. The molecular weight excluding hydrogens is 383 g/mol. The lowest BCUT2D eigenvalue weighted by Crippen LogP contribution is -2.25. The summed E-state index contributed by atoms with van der Waals surface area (Å²) in [6.07, 6.45) is 4.22. The molecular formula is C23H25FN4O2.